The van der Waals surface area contributed by atoms with Crippen LogP contribution in [0, 0.1) is 0 Å². The van der Waals surface area contributed by atoms with E-state index in [4.69, 9.17) is 4.74 Å². The Balaban J connectivity index is 1.62. The molecule has 0 saturated heterocycles. The molecule has 0 bridgehead atoms. The average molecular weight is 299 g/mol. The molecule has 0 atom stereocenters. The summed E-state index contributed by atoms with van der Waals surface area (Å²) in [7, 11) is 3.42. The molecule has 0 saturated carbocycles. The minimum atomic E-state index is -0.190. The lowest BCUT2D eigenvalue weighted by molar-refractivity contribution is 0.0940. The van der Waals surface area contributed by atoms with Crippen molar-refractivity contribution in [3.8, 4) is 5.75 Å². The van der Waals surface area contributed by atoms with E-state index in [1.165, 1.54) is 0 Å². The van der Waals surface area contributed by atoms with E-state index in [2.05, 4.69) is 20.3 Å². The lowest BCUT2D eigenvalue weighted by Crippen LogP contribution is -2.28. The largest absolute Gasteiger partial charge is 0.497 e. The van der Waals surface area contributed by atoms with E-state index in [0.29, 0.717) is 18.8 Å². The van der Waals surface area contributed by atoms with Gasteiger partial charge in [0.1, 0.15) is 11.6 Å². The second kappa shape index (κ2) is 5.88. The van der Waals surface area contributed by atoms with Crippen molar-refractivity contribution in [1.29, 1.82) is 0 Å². The first-order chi connectivity index (χ1) is 10.7. The first-order valence-electron chi connectivity index (χ1n) is 6.95. The Kier molecular flexibility index (Phi) is 3.78. The van der Waals surface area contributed by atoms with Gasteiger partial charge in [0.25, 0.3) is 5.91 Å². The average Bonchev–Trinajstić information content (AvgIpc) is 3.11. The van der Waals surface area contributed by atoms with E-state index in [-0.39, 0.29) is 5.91 Å². The van der Waals surface area contributed by atoms with Gasteiger partial charge in [-0.05, 0) is 12.1 Å². The number of carbonyl (C=O) groups is 1. The molecule has 3 aromatic rings. The van der Waals surface area contributed by atoms with Gasteiger partial charge in [0.2, 0.25) is 0 Å². The molecule has 7 heteroatoms. The molecule has 0 aliphatic heterocycles. The number of nitrogens with zero attached hydrogens (tertiary/aromatic N) is 3. The van der Waals surface area contributed by atoms with E-state index in [0.717, 1.165) is 22.6 Å². The van der Waals surface area contributed by atoms with Gasteiger partial charge < -0.3 is 19.6 Å². The number of rotatable bonds is 5. The van der Waals surface area contributed by atoms with Crippen LogP contribution < -0.4 is 10.1 Å². The highest BCUT2D eigenvalue weighted by Crippen LogP contribution is 2.18. The highest BCUT2D eigenvalue weighted by Gasteiger charge is 2.10. The molecule has 2 heterocycles. The van der Waals surface area contributed by atoms with Crippen molar-refractivity contribution >= 4 is 16.9 Å². The van der Waals surface area contributed by atoms with Gasteiger partial charge in [-0.15, -0.1) is 0 Å². The van der Waals surface area contributed by atoms with E-state index >= 15 is 0 Å². The summed E-state index contributed by atoms with van der Waals surface area (Å²) < 4.78 is 6.87. The fourth-order valence-electron chi connectivity index (χ4n) is 2.24. The van der Waals surface area contributed by atoms with Gasteiger partial charge in [0.05, 0.1) is 18.1 Å². The van der Waals surface area contributed by atoms with Gasteiger partial charge in [-0.25, -0.2) is 9.97 Å². The smallest absolute Gasteiger partial charge is 0.287 e. The van der Waals surface area contributed by atoms with E-state index in [1.807, 2.05) is 18.2 Å². The Morgan fingerprint density at radius 3 is 3.05 bits per heavy atom. The van der Waals surface area contributed by atoms with Crippen LogP contribution in [0.3, 0.4) is 0 Å². The van der Waals surface area contributed by atoms with E-state index in [9.17, 15) is 4.79 Å². The summed E-state index contributed by atoms with van der Waals surface area (Å²) in [6.45, 7) is 0.489. The Labute approximate surface area is 127 Å². The molecule has 22 heavy (non-hydrogen) atoms. The van der Waals surface area contributed by atoms with Crippen molar-refractivity contribution < 1.29 is 9.53 Å². The number of methoxy groups -OCH3 is 1. The molecule has 0 aliphatic carbocycles. The van der Waals surface area contributed by atoms with Crippen LogP contribution in [0.25, 0.3) is 11.0 Å². The summed E-state index contributed by atoms with van der Waals surface area (Å²) in [5.74, 6) is 1.81. The van der Waals surface area contributed by atoms with Crippen molar-refractivity contribution in [1.82, 2.24) is 24.8 Å². The lowest BCUT2D eigenvalue weighted by Gasteiger charge is -2.03. The summed E-state index contributed by atoms with van der Waals surface area (Å²) in [6, 6.07) is 5.68. The topological polar surface area (TPSA) is 84.8 Å². The third kappa shape index (κ3) is 2.78. The number of nitrogens with one attached hydrogen (secondary N) is 2. The number of benzene rings is 1. The van der Waals surface area contributed by atoms with Crippen LogP contribution in [-0.2, 0) is 13.5 Å². The van der Waals surface area contributed by atoms with Crippen molar-refractivity contribution in [2.24, 2.45) is 7.05 Å². The molecule has 0 fully saturated rings. The summed E-state index contributed by atoms with van der Waals surface area (Å²) in [5.41, 5.74) is 1.80. The van der Waals surface area contributed by atoms with Crippen molar-refractivity contribution in [2.75, 3.05) is 13.7 Å². The zero-order valence-electron chi connectivity index (χ0n) is 12.5. The second-order valence-electron chi connectivity index (χ2n) is 4.93. The van der Waals surface area contributed by atoms with Crippen molar-refractivity contribution in [2.45, 2.75) is 6.42 Å². The molecule has 3 rings (SSSR count). The first-order valence-corrected chi connectivity index (χ1v) is 6.95. The molecule has 0 aliphatic rings. The number of ether oxygens (including phenoxy) is 1. The fraction of sp³-hybridized carbons (Fsp3) is 0.267. The number of hydrogen-bond acceptors (Lipinski definition) is 4. The number of carbonyl (C=O) groups excluding carboxylic acids is 1. The number of aromatic nitrogens is 4. The Bertz CT molecular complexity index is 805. The van der Waals surface area contributed by atoms with Crippen LogP contribution in [-0.4, -0.2) is 39.1 Å². The molecule has 1 aromatic carbocycles. The number of fused-ring (bicyclic) bond motifs is 1. The molecule has 2 N–H and O–H groups in total. The minimum absolute atomic E-state index is 0.190. The van der Waals surface area contributed by atoms with Crippen LogP contribution in [0.4, 0.5) is 0 Å². The van der Waals surface area contributed by atoms with Gasteiger partial charge in [0, 0.05) is 38.5 Å². The van der Waals surface area contributed by atoms with Crippen LogP contribution in [0.2, 0.25) is 0 Å². The fourth-order valence-corrected chi connectivity index (χ4v) is 2.24. The van der Waals surface area contributed by atoms with Gasteiger partial charge in [0.15, 0.2) is 5.82 Å². The highest BCUT2D eigenvalue weighted by molar-refractivity contribution is 5.90. The number of hydrogen-bond donors (Lipinski definition) is 2. The molecule has 114 valence electrons. The molecule has 0 radical (unpaired) electrons. The Morgan fingerprint density at radius 1 is 1.45 bits per heavy atom. The predicted molar refractivity (Wildman–Crippen MR) is 81.9 cm³/mol. The molecule has 7 nitrogen and oxygen atoms in total. The van der Waals surface area contributed by atoms with Crippen LogP contribution in [0.15, 0.2) is 30.6 Å². The van der Waals surface area contributed by atoms with Crippen LogP contribution in [0.1, 0.15) is 16.4 Å². The molecular weight excluding hydrogens is 282 g/mol. The molecule has 1 amide bonds. The Hall–Kier alpha value is -2.83. The summed E-state index contributed by atoms with van der Waals surface area (Å²) in [4.78, 5) is 23.6. The number of amides is 1. The van der Waals surface area contributed by atoms with Gasteiger partial charge in [-0.2, -0.15) is 0 Å². The minimum Gasteiger partial charge on any atom is -0.497 e. The summed E-state index contributed by atoms with van der Waals surface area (Å²) >= 11 is 0. The zero-order chi connectivity index (χ0) is 15.5. The van der Waals surface area contributed by atoms with Crippen molar-refractivity contribution in [3.05, 3.63) is 42.2 Å². The summed E-state index contributed by atoms with van der Waals surface area (Å²) in [5, 5.41) is 2.83. The Morgan fingerprint density at radius 2 is 2.32 bits per heavy atom. The highest BCUT2D eigenvalue weighted by atomic mass is 16.5. The number of aromatic amines is 1. The standard InChI is InChI=1S/C15H17N5O2/c1-20-8-7-16-14(20)15(21)17-6-5-13-18-11-4-3-10(22-2)9-12(11)19-13/h3-4,7-9H,5-6H2,1-2H3,(H,17,21)(H,18,19). The second-order valence-corrected chi connectivity index (χ2v) is 4.93. The molecular formula is C15H17N5O2. The zero-order valence-corrected chi connectivity index (χ0v) is 12.5. The number of H-pyrrole nitrogens is 1. The van der Waals surface area contributed by atoms with E-state index in [1.54, 1.807) is 31.1 Å². The normalized spacial score (nSPS) is 10.8. The molecule has 0 spiro atoms. The van der Waals surface area contributed by atoms with Gasteiger partial charge in [-0.1, -0.05) is 0 Å². The van der Waals surface area contributed by atoms with Gasteiger partial charge >= 0.3 is 0 Å². The van der Waals surface area contributed by atoms with Crippen LogP contribution in [0.5, 0.6) is 5.75 Å². The molecule has 2 aromatic heterocycles. The maximum Gasteiger partial charge on any atom is 0.287 e. The first kappa shape index (κ1) is 14.1. The third-order valence-electron chi connectivity index (χ3n) is 3.41. The predicted octanol–water partition coefficient (Wildman–Crippen LogP) is 1.28. The third-order valence-corrected chi connectivity index (χ3v) is 3.41. The van der Waals surface area contributed by atoms with Crippen LogP contribution >= 0.6 is 0 Å². The van der Waals surface area contributed by atoms with Crippen molar-refractivity contribution in [3.63, 3.8) is 0 Å². The van der Waals surface area contributed by atoms with Gasteiger partial charge in [-0.3, -0.25) is 4.79 Å². The number of imidazole rings is 2. The van der Waals surface area contributed by atoms with E-state index < -0.39 is 0 Å². The monoisotopic (exact) mass is 299 g/mol. The quantitative estimate of drug-likeness (QED) is 0.743. The maximum absolute atomic E-state index is 11.9. The molecule has 0 unspecified atom stereocenters. The SMILES string of the molecule is COc1ccc2nc(CCNC(=O)c3nccn3C)[nH]c2c1. The maximum atomic E-state index is 11.9. The number of aryl methyl sites for hydroxylation is 1. The lowest BCUT2D eigenvalue weighted by atomic mass is 10.3. The summed E-state index contributed by atoms with van der Waals surface area (Å²) in [6.07, 6.45) is 3.95.